The Hall–Kier alpha value is -0.960. The molecule has 0 N–H and O–H groups in total. The molecule has 1 aromatic rings. The molecule has 3 heteroatoms. The largest absolute Gasteiger partial charge is 0.237 e. The Kier molecular flexibility index (Phi) is 1.81. The van der Waals surface area contributed by atoms with Gasteiger partial charge in [-0.1, -0.05) is 0 Å². The highest BCUT2D eigenvalue weighted by Gasteiger charge is 2.16. The van der Waals surface area contributed by atoms with Crippen molar-refractivity contribution < 1.29 is 8.78 Å². The minimum atomic E-state index is -0.338. The lowest BCUT2D eigenvalue weighted by Crippen LogP contribution is -2.20. The van der Waals surface area contributed by atoms with Crippen molar-refractivity contribution in [1.29, 1.82) is 0 Å². The Morgan fingerprint density at radius 3 is 2.42 bits per heavy atom. The molecular weight excluding hydrogens is 160 g/mol. The maximum absolute atomic E-state index is 13.0. The first-order valence-electron chi connectivity index (χ1n) is 3.88. The Bertz CT molecular complexity index is 279. The molecule has 1 nitrogen and oxygen atoms in total. The third-order valence-corrected chi connectivity index (χ3v) is 2.11. The molecule has 0 atom stereocenters. The van der Waals surface area contributed by atoms with Gasteiger partial charge in [0, 0.05) is 18.7 Å². The summed E-state index contributed by atoms with van der Waals surface area (Å²) in [5.74, 6) is -0.642. The average molecular weight is 168 g/mol. The van der Waals surface area contributed by atoms with E-state index in [1.54, 1.807) is 0 Å². The van der Waals surface area contributed by atoms with Gasteiger partial charge in [0.2, 0.25) is 0 Å². The van der Waals surface area contributed by atoms with E-state index >= 15 is 0 Å². The summed E-state index contributed by atoms with van der Waals surface area (Å²) < 4.78 is 26.1. The van der Waals surface area contributed by atoms with Crippen LogP contribution in [0.25, 0.3) is 0 Å². The Balaban J connectivity index is 2.57. The molecule has 1 aliphatic heterocycles. The van der Waals surface area contributed by atoms with Crippen molar-refractivity contribution in [3.8, 4) is 0 Å². The van der Waals surface area contributed by atoms with E-state index in [0.717, 1.165) is 6.07 Å². The summed E-state index contributed by atoms with van der Waals surface area (Å²) in [6.07, 6.45) is 0.527. The van der Waals surface area contributed by atoms with Crippen molar-refractivity contribution in [2.75, 3.05) is 6.54 Å². The summed E-state index contributed by atoms with van der Waals surface area (Å²) in [5.41, 5.74) is 0.936. The third kappa shape index (κ3) is 1.10. The number of nitrogens with zero attached hydrogens (tertiary/aromatic N) is 1. The molecule has 0 aromatic heterocycles. The number of hydrogen-bond acceptors (Lipinski definition) is 0. The summed E-state index contributed by atoms with van der Waals surface area (Å²) in [7, 11) is 0. The van der Waals surface area contributed by atoms with Crippen molar-refractivity contribution in [3.05, 3.63) is 34.9 Å². The highest BCUT2D eigenvalue weighted by atomic mass is 19.1. The van der Waals surface area contributed by atoms with Gasteiger partial charge in [0.1, 0.15) is 11.6 Å². The molecule has 0 spiro atoms. The van der Waals surface area contributed by atoms with E-state index in [0.29, 0.717) is 30.6 Å². The monoisotopic (exact) mass is 168 g/mol. The molecule has 2 rings (SSSR count). The highest BCUT2D eigenvalue weighted by molar-refractivity contribution is 5.31. The second-order valence-electron chi connectivity index (χ2n) is 2.84. The molecule has 63 valence electrons. The zero-order valence-corrected chi connectivity index (χ0v) is 6.48. The molecule has 1 aliphatic rings. The fourth-order valence-electron chi connectivity index (χ4n) is 1.46. The van der Waals surface area contributed by atoms with E-state index < -0.39 is 0 Å². The number of halogens is 2. The Morgan fingerprint density at radius 2 is 1.75 bits per heavy atom. The fourth-order valence-corrected chi connectivity index (χ4v) is 1.46. The van der Waals surface area contributed by atoms with E-state index in [1.165, 1.54) is 6.07 Å². The molecule has 1 radical (unpaired) electrons. The topological polar surface area (TPSA) is 14.1 Å². The van der Waals surface area contributed by atoms with Crippen LogP contribution in [0.4, 0.5) is 8.78 Å². The van der Waals surface area contributed by atoms with Crippen LogP contribution < -0.4 is 5.32 Å². The summed E-state index contributed by atoms with van der Waals surface area (Å²) in [6, 6.07) is 2.34. The second-order valence-corrected chi connectivity index (χ2v) is 2.84. The Morgan fingerprint density at radius 1 is 1.08 bits per heavy atom. The molecular formula is C9H8F2N. The number of benzene rings is 1. The lowest BCUT2D eigenvalue weighted by molar-refractivity contribution is 0.524. The van der Waals surface area contributed by atoms with Crippen LogP contribution in [0.2, 0.25) is 0 Å². The van der Waals surface area contributed by atoms with Gasteiger partial charge < -0.3 is 0 Å². The summed E-state index contributed by atoms with van der Waals surface area (Å²) in [5, 5.41) is 4.01. The lowest BCUT2D eigenvalue weighted by Gasteiger charge is -2.16. The molecule has 0 unspecified atom stereocenters. The second kappa shape index (κ2) is 2.83. The predicted octanol–water partition coefficient (Wildman–Crippen LogP) is 1.63. The molecule has 1 aromatic carbocycles. The minimum Gasteiger partial charge on any atom is -0.237 e. The van der Waals surface area contributed by atoms with Gasteiger partial charge in [-0.2, -0.15) is 0 Å². The van der Waals surface area contributed by atoms with Gasteiger partial charge in [0.25, 0.3) is 0 Å². The minimum absolute atomic E-state index is 0.304. The number of hydrogen-bond donors (Lipinski definition) is 0. The van der Waals surface area contributed by atoms with Crippen molar-refractivity contribution in [2.45, 2.75) is 13.0 Å². The van der Waals surface area contributed by atoms with Gasteiger partial charge in [0.15, 0.2) is 0 Å². The number of rotatable bonds is 0. The van der Waals surface area contributed by atoms with Crippen LogP contribution in [0.1, 0.15) is 11.1 Å². The van der Waals surface area contributed by atoms with Crippen LogP contribution in [0.3, 0.4) is 0 Å². The summed E-state index contributed by atoms with van der Waals surface area (Å²) in [4.78, 5) is 0. The smallest absolute Gasteiger partial charge is 0.128 e. The quantitative estimate of drug-likeness (QED) is 0.559. The predicted molar refractivity (Wildman–Crippen MR) is 40.8 cm³/mol. The van der Waals surface area contributed by atoms with Crippen molar-refractivity contribution >= 4 is 0 Å². The van der Waals surface area contributed by atoms with Crippen LogP contribution in [-0.2, 0) is 13.0 Å². The Labute approximate surface area is 69.4 Å². The lowest BCUT2D eigenvalue weighted by atomic mass is 10.0. The van der Waals surface area contributed by atoms with Gasteiger partial charge in [-0.05, 0) is 24.1 Å². The first-order valence-corrected chi connectivity index (χ1v) is 3.88. The molecule has 0 bridgehead atoms. The summed E-state index contributed by atoms with van der Waals surface area (Å²) in [6.45, 7) is 0.923. The molecule has 12 heavy (non-hydrogen) atoms. The highest BCUT2D eigenvalue weighted by Crippen LogP contribution is 2.20. The number of fused-ring (bicyclic) bond motifs is 1. The first-order chi connectivity index (χ1) is 5.79. The van der Waals surface area contributed by atoms with Gasteiger partial charge in [-0.25, -0.2) is 14.1 Å². The van der Waals surface area contributed by atoms with E-state index in [2.05, 4.69) is 5.32 Å². The van der Waals surface area contributed by atoms with E-state index in [1.807, 2.05) is 0 Å². The SMILES string of the molecule is Fc1ccc(F)c2c1CC[N]C2. The maximum Gasteiger partial charge on any atom is 0.128 e. The molecule has 1 heterocycles. The van der Waals surface area contributed by atoms with Gasteiger partial charge in [-0.3, -0.25) is 0 Å². The van der Waals surface area contributed by atoms with Crippen LogP contribution in [0.15, 0.2) is 12.1 Å². The van der Waals surface area contributed by atoms with Crippen molar-refractivity contribution in [1.82, 2.24) is 5.32 Å². The molecule has 0 aliphatic carbocycles. The van der Waals surface area contributed by atoms with Crippen molar-refractivity contribution in [2.24, 2.45) is 0 Å². The van der Waals surface area contributed by atoms with E-state index in [9.17, 15) is 8.78 Å². The van der Waals surface area contributed by atoms with Gasteiger partial charge in [0.05, 0.1) is 0 Å². The van der Waals surface area contributed by atoms with Gasteiger partial charge >= 0.3 is 0 Å². The van der Waals surface area contributed by atoms with Gasteiger partial charge in [-0.15, -0.1) is 0 Å². The summed E-state index contributed by atoms with van der Waals surface area (Å²) >= 11 is 0. The van der Waals surface area contributed by atoms with E-state index in [4.69, 9.17) is 0 Å². The average Bonchev–Trinajstić information content (AvgIpc) is 2.12. The van der Waals surface area contributed by atoms with Crippen molar-refractivity contribution in [3.63, 3.8) is 0 Å². The standard InChI is InChI=1S/C9H8F2N/c10-8-1-2-9(11)7-5-12-4-3-6(7)8/h1-2H,3-5H2. The zero-order valence-electron chi connectivity index (χ0n) is 6.48. The van der Waals surface area contributed by atoms with Crippen LogP contribution in [-0.4, -0.2) is 6.54 Å². The molecule has 0 saturated heterocycles. The van der Waals surface area contributed by atoms with Crippen LogP contribution in [0.5, 0.6) is 0 Å². The molecule has 0 fully saturated rings. The molecule has 0 amide bonds. The fraction of sp³-hybridized carbons (Fsp3) is 0.333. The van der Waals surface area contributed by atoms with Crippen LogP contribution >= 0.6 is 0 Å². The normalized spacial score (nSPS) is 15.8. The molecule has 0 saturated carbocycles. The first kappa shape index (κ1) is 7.68. The zero-order chi connectivity index (χ0) is 8.55. The van der Waals surface area contributed by atoms with E-state index in [-0.39, 0.29) is 11.6 Å². The van der Waals surface area contributed by atoms with Crippen LogP contribution in [0, 0.1) is 11.6 Å². The maximum atomic E-state index is 13.0. The third-order valence-electron chi connectivity index (χ3n) is 2.11.